The van der Waals surface area contributed by atoms with Crippen LogP contribution >= 0.6 is 0 Å². The summed E-state index contributed by atoms with van der Waals surface area (Å²) in [5.41, 5.74) is 0.107. The number of aliphatic hydroxyl groups is 1. The van der Waals surface area contributed by atoms with Crippen molar-refractivity contribution in [2.75, 3.05) is 32.8 Å². The van der Waals surface area contributed by atoms with E-state index in [1.165, 1.54) is 0 Å². The summed E-state index contributed by atoms with van der Waals surface area (Å²) in [7, 11) is 0. The Morgan fingerprint density at radius 1 is 1.41 bits per heavy atom. The highest BCUT2D eigenvalue weighted by molar-refractivity contribution is 5.73. The van der Waals surface area contributed by atoms with Gasteiger partial charge in [-0.3, -0.25) is 9.69 Å². The Balaban J connectivity index is 1.61. The van der Waals surface area contributed by atoms with Crippen molar-refractivity contribution in [3.8, 4) is 0 Å². The van der Waals surface area contributed by atoms with Gasteiger partial charge >= 0.3 is 0 Å². The molecule has 2 aliphatic heterocycles. The van der Waals surface area contributed by atoms with Crippen LogP contribution in [0.3, 0.4) is 0 Å². The van der Waals surface area contributed by atoms with E-state index >= 15 is 0 Å². The van der Waals surface area contributed by atoms with Gasteiger partial charge in [0.2, 0.25) is 5.91 Å². The Kier molecular flexibility index (Phi) is 4.28. The van der Waals surface area contributed by atoms with Crippen LogP contribution < -0.4 is 0 Å². The molecular weight excluding hydrogens is 280 g/mol. The summed E-state index contributed by atoms with van der Waals surface area (Å²) in [6, 6.07) is 4.05. The molecule has 0 aliphatic carbocycles. The zero-order valence-electron chi connectivity index (χ0n) is 13.5. The zero-order valence-corrected chi connectivity index (χ0v) is 13.5. The molecule has 1 amide bonds. The number of nitrogens with zero attached hydrogens (tertiary/aromatic N) is 2. The van der Waals surface area contributed by atoms with E-state index in [1.54, 1.807) is 6.92 Å². The molecule has 2 saturated heterocycles. The Morgan fingerprint density at radius 3 is 2.68 bits per heavy atom. The maximum atomic E-state index is 11.7. The summed E-state index contributed by atoms with van der Waals surface area (Å²) < 4.78 is 5.66. The van der Waals surface area contributed by atoms with Gasteiger partial charge in [-0.2, -0.15) is 0 Å². The molecule has 0 radical (unpaired) electrons. The largest absolute Gasteiger partial charge is 0.465 e. The number of carbonyl (C=O) groups excluding carboxylic acids is 1. The van der Waals surface area contributed by atoms with Gasteiger partial charge in [0, 0.05) is 32.5 Å². The van der Waals surface area contributed by atoms with Crippen molar-refractivity contribution in [1.29, 1.82) is 0 Å². The van der Waals surface area contributed by atoms with Gasteiger partial charge in [0.15, 0.2) is 0 Å². The van der Waals surface area contributed by atoms with Crippen molar-refractivity contribution in [2.45, 2.75) is 33.2 Å². The number of rotatable bonds is 3. The molecule has 1 aromatic heterocycles. The van der Waals surface area contributed by atoms with E-state index in [1.807, 2.05) is 24.0 Å². The lowest BCUT2D eigenvalue weighted by atomic mass is 9.71. The van der Waals surface area contributed by atoms with Crippen molar-refractivity contribution in [2.24, 2.45) is 11.3 Å². The highest BCUT2D eigenvalue weighted by Gasteiger charge is 2.48. The molecule has 2 aliphatic rings. The van der Waals surface area contributed by atoms with Crippen molar-refractivity contribution in [1.82, 2.24) is 9.80 Å². The van der Waals surface area contributed by atoms with E-state index < -0.39 is 0 Å². The fourth-order valence-corrected chi connectivity index (χ4v) is 4.04. The Labute approximate surface area is 131 Å². The van der Waals surface area contributed by atoms with E-state index in [4.69, 9.17) is 4.42 Å². The summed E-state index contributed by atoms with van der Waals surface area (Å²) >= 11 is 0. The first kappa shape index (κ1) is 15.6. The average molecular weight is 306 g/mol. The standard InChI is InChI=1S/C17H26N2O3/c1-13-3-4-16(22-13)10-18-7-5-17(6-8-18)12-19(14(2)21)9-15(17)11-20/h3-4,15,20H,5-12H2,1-2H3. The fourth-order valence-electron chi connectivity index (χ4n) is 4.04. The summed E-state index contributed by atoms with van der Waals surface area (Å²) in [6.07, 6.45) is 2.09. The molecule has 22 heavy (non-hydrogen) atoms. The lowest BCUT2D eigenvalue weighted by molar-refractivity contribution is -0.128. The predicted molar refractivity (Wildman–Crippen MR) is 83.2 cm³/mol. The van der Waals surface area contributed by atoms with E-state index in [2.05, 4.69) is 4.90 Å². The van der Waals surface area contributed by atoms with Gasteiger partial charge in [0.25, 0.3) is 0 Å². The molecule has 1 N–H and O–H groups in total. The van der Waals surface area contributed by atoms with Crippen LogP contribution in [0.15, 0.2) is 16.5 Å². The summed E-state index contributed by atoms with van der Waals surface area (Å²) in [5, 5.41) is 9.72. The first-order valence-corrected chi connectivity index (χ1v) is 8.16. The van der Waals surface area contributed by atoms with Crippen molar-refractivity contribution >= 4 is 5.91 Å². The second kappa shape index (κ2) is 6.05. The van der Waals surface area contributed by atoms with Crippen LogP contribution in [0.25, 0.3) is 0 Å². The van der Waals surface area contributed by atoms with E-state index in [-0.39, 0.29) is 23.8 Å². The number of hydrogen-bond donors (Lipinski definition) is 1. The second-order valence-electron chi connectivity index (χ2n) is 6.93. The maximum Gasteiger partial charge on any atom is 0.219 e. The molecule has 2 fully saturated rings. The minimum absolute atomic E-state index is 0.107. The van der Waals surface area contributed by atoms with E-state index in [0.29, 0.717) is 6.54 Å². The molecule has 1 spiro atoms. The van der Waals surface area contributed by atoms with Crippen LogP contribution in [0.2, 0.25) is 0 Å². The Bertz CT molecular complexity index is 532. The molecule has 0 aromatic carbocycles. The van der Waals surface area contributed by atoms with Crippen LogP contribution in [0.5, 0.6) is 0 Å². The quantitative estimate of drug-likeness (QED) is 0.922. The molecule has 1 aromatic rings. The van der Waals surface area contributed by atoms with Gasteiger partial charge in [0.1, 0.15) is 11.5 Å². The molecular formula is C17H26N2O3. The number of carbonyl (C=O) groups is 1. The van der Waals surface area contributed by atoms with Gasteiger partial charge in [-0.25, -0.2) is 0 Å². The fraction of sp³-hybridized carbons (Fsp3) is 0.706. The molecule has 0 bridgehead atoms. The third-order valence-corrected chi connectivity index (χ3v) is 5.51. The SMILES string of the molecule is CC(=O)N1CC(CO)C2(CCN(Cc3ccc(C)o3)CC2)C1. The number of aryl methyl sites for hydroxylation is 1. The summed E-state index contributed by atoms with van der Waals surface area (Å²) in [6.45, 7) is 8.15. The van der Waals surface area contributed by atoms with Gasteiger partial charge < -0.3 is 14.4 Å². The molecule has 5 heteroatoms. The summed E-state index contributed by atoms with van der Waals surface area (Å²) in [5.74, 6) is 2.33. The van der Waals surface area contributed by atoms with Crippen LogP contribution in [-0.2, 0) is 11.3 Å². The number of hydrogen-bond acceptors (Lipinski definition) is 4. The molecule has 3 rings (SSSR count). The highest BCUT2D eigenvalue weighted by atomic mass is 16.3. The Hall–Kier alpha value is -1.33. The van der Waals surface area contributed by atoms with E-state index in [0.717, 1.165) is 50.5 Å². The minimum Gasteiger partial charge on any atom is -0.465 e. The zero-order chi connectivity index (χ0) is 15.7. The van der Waals surface area contributed by atoms with Crippen LogP contribution in [0, 0.1) is 18.3 Å². The van der Waals surface area contributed by atoms with Gasteiger partial charge in [-0.05, 0) is 50.4 Å². The van der Waals surface area contributed by atoms with Crippen molar-refractivity contribution < 1.29 is 14.3 Å². The average Bonchev–Trinajstić information content (AvgIpc) is 3.06. The lowest BCUT2D eigenvalue weighted by Crippen LogP contribution is -2.44. The monoisotopic (exact) mass is 306 g/mol. The van der Waals surface area contributed by atoms with Crippen molar-refractivity contribution in [3.63, 3.8) is 0 Å². The lowest BCUT2D eigenvalue weighted by Gasteiger charge is -2.41. The third kappa shape index (κ3) is 2.92. The summed E-state index contributed by atoms with van der Waals surface area (Å²) in [4.78, 5) is 16.0. The number of amides is 1. The third-order valence-electron chi connectivity index (χ3n) is 5.51. The van der Waals surface area contributed by atoms with Crippen LogP contribution in [-0.4, -0.2) is 53.6 Å². The van der Waals surface area contributed by atoms with Crippen molar-refractivity contribution in [3.05, 3.63) is 23.7 Å². The van der Waals surface area contributed by atoms with Gasteiger partial charge in [-0.1, -0.05) is 0 Å². The molecule has 1 unspecified atom stereocenters. The molecule has 1 atom stereocenters. The second-order valence-corrected chi connectivity index (χ2v) is 6.93. The number of furan rings is 1. The molecule has 0 saturated carbocycles. The molecule has 3 heterocycles. The topological polar surface area (TPSA) is 56.9 Å². The predicted octanol–water partition coefficient (Wildman–Crippen LogP) is 1.64. The first-order valence-electron chi connectivity index (χ1n) is 8.16. The molecule has 122 valence electrons. The normalized spacial score (nSPS) is 25.0. The number of aliphatic hydroxyl groups excluding tert-OH is 1. The van der Waals surface area contributed by atoms with Gasteiger partial charge in [-0.15, -0.1) is 0 Å². The van der Waals surface area contributed by atoms with Crippen LogP contribution in [0.4, 0.5) is 0 Å². The van der Waals surface area contributed by atoms with Gasteiger partial charge in [0.05, 0.1) is 6.54 Å². The maximum absolute atomic E-state index is 11.7. The minimum atomic E-state index is 0.107. The smallest absolute Gasteiger partial charge is 0.219 e. The number of piperidine rings is 1. The van der Waals surface area contributed by atoms with Crippen LogP contribution in [0.1, 0.15) is 31.3 Å². The highest BCUT2D eigenvalue weighted by Crippen LogP contribution is 2.44. The van der Waals surface area contributed by atoms with E-state index in [9.17, 15) is 9.90 Å². The molecule has 5 nitrogen and oxygen atoms in total. The Morgan fingerprint density at radius 2 is 2.14 bits per heavy atom. The number of likely N-dealkylation sites (tertiary alicyclic amines) is 2. The first-order chi connectivity index (χ1) is 10.5.